The highest BCUT2D eigenvalue weighted by atomic mass is 32.2. The fraction of sp³-hybridized carbons (Fsp3) is 0.800. The van der Waals surface area contributed by atoms with Gasteiger partial charge in [-0.15, -0.1) is 23.5 Å². The Labute approximate surface area is 98.7 Å². The predicted octanol–water partition coefficient (Wildman–Crippen LogP) is 2.09. The smallest absolute Gasteiger partial charge is 0.305 e. The van der Waals surface area contributed by atoms with Crippen molar-refractivity contribution < 1.29 is 14.3 Å². The van der Waals surface area contributed by atoms with E-state index in [1.807, 2.05) is 23.5 Å². The summed E-state index contributed by atoms with van der Waals surface area (Å²) in [5.41, 5.74) is 0. The molecule has 1 aliphatic heterocycles. The second-order valence-electron chi connectivity index (χ2n) is 3.34. The van der Waals surface area contributed by atoms with Gasteiger partial charge in [0.05, 0.1) is 18.1 Å². The van der Waals surface area contributed by atoms with Gasteiger partial charge in [0, 0.05) is 12.8 Å². The first-order chi connectivity index (χ1) is 7.22. The predicted molar refractivity (Wildman–Crippen MR) is 64.2 cm³/mol. The van der Waals surface area contributed by atoms with Gasteiger partial charge in [0.15, 0.2) is 0 Å². The molecule has 15 heavy (non-hydrogen) atoms. The topological polar surface area (TPSA) is 43.4 Å². The van der Waals surface area contributed by atoms with E-state index in [0.717, 1.165) is 11.5 Å². The Balaban J connectivity index is 2.14. The van der Waals surface area contributed by atoms with Gasteiger partial charge >= 0.3 is 5.97 Å². The molecule has 1 fully saturated rings. The molecule has 0 unspecified atom stereocenters. The molecule has 0 aliphatic carbocycles. The molecular formula is C10H16O3S2. The van der Waals surface area contributed by atoms with Crippen LogP contribution in [-0.4, -0.2) is 35.0 Å². The maximum atomic E-state index is 11.5. The van der Waals surface area contributed by atoms with Crippen molar-refractivity contribution in [2.24, 2.45) is 0 Å². The summed E-state index contributed by atoms with van der Waals surface area (Å²) in [5, 5.41) is 0. The zero-order valence-electron chi connectivity index (χ0n) is 8.86. The van der Waals surface area contributed by atoms with Gasteiger partial charge in [-0.1, -0.05) is 0 Å². The van der Waals surface area contributed by atoms with Crippen molar-refractivity contribution in [3.8, 4) is 0 Å². The van der Waals surface area contributed by atoms with Gasteiger partial charge in [-0.3, -0.25) is 9.59 Å². The van der Waals surface area contributed by atoms with Crippen molar-refractivity contribution in [2.45, 2.75) is 30.3 Å². The number of methoxy groups -OCH3 is 1. The van der Waals surface area contributed by atoms with Gasteiger partial charge in [-0.25, -0.2) is 0 Å². The molecule has 5 heteroatoms. The Morgan fingerprint density at radius 3 is 2.53 bits per heavy atom. The number of thioether (sulfide) groups is 2. The van der Waals surface area contributed by atoms with Crippen LogP contribution < -0.4 is 0 Å². The fourth-order valence-corrected chi connectivity index (χ4v) is 4.19. The van der Waals surface area contributed by atoms with Gasteiger partial charge in [0.2, 0.25) is 0 Å². The number of ketones is 1. The molecule has 0 radical (unpaired) electrons. The van der Waals surface area contributed by atoms with Crippen LogP contribution in [0, 0.1) is 0 Å². The second-order valence-corrected chi connectivity index (χ2v) is 6.26. The van der Waals surface area contributed by atoms with Crippen LogP contribution in [0.2, 0.25) is 0 Å². The minimum atomic E-state index is -0.299. The summed E-state index contributed by atoms with van der Waals surface area (Å²) < 4.78 is 4.90. The Hall–Kier alpha value is -0.160. The van der Waals surface area contributed by atoms with Gasteiger partial charge < -0.3 is 4.74 Å². The molecule has 0 atom stereocenters. The summed E-state index contributed by atoms with van der Waals surface area (Å²) in [6.07, 6.45) is 2.37. The summed E-state index contributed by atoms with van der Waals surface area (Å²) in [7, 11) is 1.35. The van der Waals surface area contributed by atoms with E-state index in [1.54, 1.807) is 0 Å². The SMILES string of the molecule is COC(=O)CCC(=O)CC1SCCCS1. The highest BCUT2D eigenvalue weighted by Gasteiger charge is 2.18. The third kappa shape index (κ3) is 5.47. The third-order valence-corrected chi connectivity index (χ3v) is 5.07. The van der Waals surface area contributed by atoms with E-state index in [2.05, 4.69) is 4.74 Å². The number of rotatable bonds is 5. The Bertz CT molecular complexity index is 225. The van der Waals surface area contributed by atoms with Crippen LogP contribution in [0.3, 0.4) is 0 Å². The van der Waals surface area contributed by atoms with Crippen molar-refractivity contribution >= 4 is 35.3 Å². The highest BCUT2D eigenvalue weighted by Crippen LogP contribution is 2.33. The number of hydrogen-bond acceptors (Lipinski definition) is 5. The number of esters is 1. The summed E-state index contributed by atoms with van der Waals surface area (Å²) in [6, 6.07) is 0. The number of Topliss-reactive ketones (excluding diaryl/α,β-unsaturated/α-hetero) is 1. The first-order valence-corrected chi connectivity index (χ1v) is 7.14. The van der Waals surface area contributed by atoms with E-state index < -0.39 is 0 Å². The van der Waals surface area contributed by atoms with Gasteiger partial charge in [-0.2, -0.15) is 0 Å². The summed E-state index contributed by atoms with van der Waals surface area (Å²) in [4.78, 5) is 22.3. The highest BCUT2D eigenvalue weighted by molar-refractivity contribution is 8.17. The van der Waals surface area contributed by atoms with Crippen molar-refractivity contribution in [3.63, 3.8) is 0 Å². The van der Waals surface area contributed by atoms with Crippen molar-refractivity contribution in [1.29, 1.82) is 0 Å². The van der Waals surface area contributed by atoms with E-state index in [0.29, 0.717) is 17.4 Å². The van der Waals surface area contributed by atoms with Crippen molar-refractivity contribution in [1.82, 2.24) is 0 Å². The lowest BCUT2D eigenvalue weighted by molar-refractivity contribution is -0.141. The average Bonchev–Trinajstić information content (AvgIpc) is 2.27. The van der Waals surface area contributed by atoms with Crippen LogP contribution in [0.4, 0.5) is 0 Å². The number of ether oxygens (including phenoxy) is 1. The molecule has 0 spiro atoms. The van der Waals surface area contributed by atoms with Crippen molar-refractivity contribution in [2.75, 3.05) is 18.6 Å². The van der Waals surface area contributed by atoms with E-state index in [-0.39, 0.29) is 18.2 Å². The quantitative estimate of drug-likeness (QED) is 0.697. The Kier molecular flexibility index (Phi) is 6.17. The molecular weight excluding hydrogens is 232 g/mol. The molecule has 0 aromatic carbocycles. The third-order valence-electron chi connectivity index (χ3n) is 2.13. The van der Waals surface area contributed by atoms with Crippen molar-refractivity contribution in [3.05, 3.63) is 0 Å². The van der Waals surface area contributed by atoms with Crippen LogP contribution in [0.1, 0.15) is 25.7 Å². The molecule has 0 amide bonds. The lowest BCUT2D eigenvalue weighted by atomic mass is 10.2. The largest absolute Gasteiger partial charge is 0.469 e. The van der Waals surface area contributed by atoms with Crippen LogP contribution in [-0.2, 0) is 14.3 Å². The zero-order valence-corrected chi connectivity index (χ0v) is 10.5. The molecule has 0 aromatic heterocycles. The van der Waals surface area contributed by atoms with Crippen LogP contribution >= 0.6 is 23.5 Å². The number of carbonyl (C=O) groups excluding carboxylic acids is 2. The molecule has 1 aliphatic rings. The van der Waals surface area contributed by atoms with Gasteiger partial charge in [0.1, 0.15) is 5.78 Å². The standard InChI is InChI=1S/C10H16O3S2/c1-13-9(12)4-3-8(11)7-10-14-5-2-6-15-10/h10H,2-7H2,1H3. The molecule has 0 N–H and O–H groups in total. The van der Waals surface area contributed by atoms with E-state index in [9.17, 15) is 9.59 Å². The van der Waals surface area contributed by atoms with E-state index >= 15 is 0 Å². The average molecular weight is 248 g/mol. The molecule has 0 aromatic rings. The van der Waals surface area contributed by atoms with Gasteiger partial charge in [0.25, 0.3) is 0 Å². The second kappa shape index (κ2) is 7.17. The van der Waals surface area contributed by atoms with Crippen LogP contribution in [0.5, 0.6) is 0 Å². The van der Waals surface area contributed by atoms with E-state index in [1.165, 1.54) is 13.5 Å². The Morgan fingerprint density at radius 2 is 1.93 bits per heavy atom. The number of carbonyl (C=O) groups is 2. The van der Waals surface area contributed by atoms with Crippen LogP contribution in [0.25, 0.3) is 0 Å². The van der Waals surface area contributed by atoms with Crippen LogP contribution in [0.15, 0.2) is 0 Å². The zero-order chi connectivity index (χ0) is 11.1. The number of hydrogen-bond donors (Lipinski definition) is 0. The first kappa shape index (κ1) is 12.9. The Morgan fingerprint density at radius 1 is 1.27 bits per heavy atom. The summed E-state index contributed by atoms with van der Waals surface area (Å²) >= 11 is 3.71. The normalized spacial score (nSPS) is 17.4. The molecule has 86 valence electrons. The summed E-state index contributed by atoms with van der Waals surface area (Å²) in [6.45, 7) is 0. The van der Waals surface area contributed by atoms with E-state index in [4.69, 9.17) is 0 Å². The maximum absolute atomic E-state index is 11.5. The molecule has 3 nitrogen and oxygen atoms in total. The lowest BCUT2D eigenvalue weighted by Crippen LogP contribution is -2.13. The molecule has 1 heterocycles. The summed E-state index contributed by atoms with van der Waals surface area (Å²) in [5.74, 6) is 2.18. The molecule has 0 saturated carbocycles. The monoisotopic (exact) mass is 248 g/mol. The maximum Gasteiger partial charge on any atom is 0.305 e. The molecule has 1 rings (SSSR count). The minimum absolute atomic E-state index is 0.173. The molecule has 1 saturated heterocycles. The minimum Gasteiger partial charge on any atom is -0.469 e. The first-order valence-electron chi connectivity index (χ1n) is 5.04. The van der Waals surface area contributed by atoms with Gasteiger partial charge in [-0.05, 0) is 17.9 Å². The fourth-order valence-electron chi connectivity index (χ4n) is 1.29. The molecule has 0 bridgehead atoms. The lowest BCUT2D eigenvalue weighted by Gasteiger charge is -2.19.